The van der Waals surface area contributed by atoms with Gasteiger partial charge >= 0.3 is 0 Å². The Hall–Kier alpha value is -2.09. The van der Waals surface area contributed by atoms with Gasteiger partial charge in [-0.05, 0) is 31.1 Å². The van der Waals surface area contributed by atoms with Crippen molar-refractivity contribution in [2.24, 2.45) is 0 Å². The van der Waals surface area contributed by atoms with Crippen molar-refractivity contribution in [3.05, 3.63) is 59.7 Å². The average Bonchev–Trinajstić information content (AvgIpc) is 3.14. The van der Waals surface area contributed by atoms with Crippen LogP contribution in [0, 0.1) is 11.6 Å². The first-order valence-electron chi connectivity index (χ1n) is 9.84. The third-order valence-corrected chi connectivity index (χ3v) is 5.96. The van der Waals surface area contributed by atoms with Gasteiger partial charge in [-0.2, -0.15) is 0 Å². The number of rotatable bonds is 9. The van der Waals surface area contributed by atoms with E-state index in [4.69, 9.17) is 0 Å². The van der Waals surface area contributed by atoms with E-state index in [1.807, 2.05) is 30.3 Å². The number of nitrogens with zero attached hydrogens (tertiary/aromatic N) is 3. The molecular weight excluding hydrogens is 428 g/mol. The molecule has 0 aliphatic carbocycles. The van der Waals surface area contributed by atoms with Crippen LogP contribution in [0.3, 0.4) is 0 Å². The maximum Gasteiger partial charge on any atom is 0.229 e. The van der Waals surface area contributed by atoms with Gasteiger partial charge < -0.3 is 4.90 Å². The topological polar surface area (TPSA) is 36.4 Å². The number of thiazole rings is 1. The van der Waals surface area contributed by atoms with Gasteiger partial charge in [0.25, 0.3) is 0 Å². The third-order valence-electron chi connectivity index (χ3n) is 4.94. The largest absolute Gasteiger partial charge is 0.302 e. The van der Waals surface area contributed by atoms with Crippen LogP contribution >= 0.6 is 23.7 Å². The molecule has 0 aliphatic heterocycles. The third kappa shape index (κ3) is 5.97. The molecule has 0 N–H and O–H groups in total. The predicted octanol–water partition coefficient (Wildman–Crippen LogP) is 5.30. The van der Waals surface area contributed by atoms with Crippen LogP contribution in [0.1, 0.15) is 25.8 Å². The summed E-state index contributed by atoms with van der Waals surface area (Å²) in [6.45, 7) is 7.04. The molecule has 162 valence electrons. The molecule has 0 atom stereocenters. The van der Waals surface area contributed by atoms with E-state index in [1.54, 1.807) is 4.90 Å². The molecule has 0 unspecified atom stereocenters. The number of carbonyl (C=O) groups excluding carboxylic acids is 1. The number of fused-ring (bicyclic) bond motifs is 1. The number of hydrogen-bond acceptors (Lipinski definition) is 4. The number of hydrogen-bond donors (Lipinski definition) is 0. The Kier molecular flexibility index (Phi) is 9.14. The first kappa shape index (κ1) is 24.2. The summed E-state index contributed by atoms with van der Waals surface area (Å²) in [5.41, 5.74) is 1.19. The Labute approximate surface area is 185 Å². The summed E-state index contributed by atoms with van der Waals surface area (Å²) >= 11 is 1.15. The van der Waals surface area contributed by atoms with Gasteiger partial charge in [0.15, 0.2) is 10.9 Å². The van der Waals surface area contributed by atoms with Crippen molar-refractivity contribution in [1.82, 2.24) is 9.88 Å². The van der Waals surface area contributed by atoms with Crippen LogP contribution < -0.4 is 4.90 Å². The fourth-order valence-corrected chi connectivity index (χ4v) is 4.25. The quantitative estimate of drug-likeness (QED) is 0.441. The van der Waals surface area contributed by atoms with Crippen LogP contribution in [0.25, 0.3) is 10.2 Å². The summed E-state index contributed by atoms with van der Waals surface area (Å²) in [5, 5.41) is 0.412. The van der Waals surface area contributed by atoms with Gasteiger partial charge in [-0.25, -0.2) is 13.8 Å². The molecule has 4 nitrogen and oxygen atoms in total. The molecule has 8 heteroatoms. The fraction of sp³-hybridized carbons (Fsp3) is 0.364. The van der Waals surface area contributed by atoms with Crippen molar-refractivity contribution in [3.8, 4) is 0 Å². The number of halogens is 3. The Bertz CT molecular complexity index is 964. The second-order valence-corrected chi connectivity index (χ2v) is 7.80. The lowest BCUT2D eigenvalue weighted by molar-refractivity contribution is -0.118. The second-order valence-electron chi connectivity index (χ2n) is 6.79. The van der Waals surface area contributed by atoms with Crippen LogP contribution in [0.2, 0.25) is 0 Å². The van der Waals surface area contributed by atoms with Crippen molar-refractivity contribution in [2.75, 3.05) is 31.1 Å². The highest BCUT2D eigenvalue weighted by molar-refractivity contribution is 7.22. The minimum atomic E-state index is -0.706. The summed E-state index contributed by atoms with van der Waals surface area (Å²) in [5.74, 6) is -1.42. The zero-order valence-corrected chi connectivity index (χ0v) is 18.7. The molecule has 1 aromatic heterocycles. The van der Waals surface area contributed by atoms with Gasteiger partial charge in [0, 0.05) is 25.6 Å². The molecule has 30 heavy (non-hydrogen) atoms. The monoisotopic (exact) mass is 453 g/mol. The lowest BCUT2D eigenvalue weighted by atomic mass is 10.1. The second kappa shape index (κ2) is 11.3. The Morgan fingerprint density at radius 1 is 1.07 bits per heavy atom. The molecule has 3 aromatic rings. The number of amides is 1. The van der Waals surface area contributed by atoms with Gasteiger partial charge in [0.1, 0.15) is 11.3 Å². The van der Waals surface area contributed by atoms with Crippen molar-refractivity contribution >= 4 is 45.0 Å². The maximum atomic E-state index is 14.1. The molecule has 2 aromatic carbocycles. The fourth-order valence-electron chi connectivity index (χ4n) is 3.20. The Morgan fingerprint density at radius 2 is 1.77 bits per heavy atom. The van der Waals surface area contributed by atoms with Crippen molar-refractivity contribution < 1.29 is 13.6 Å². The van der Waals surface area contributed by atoms with Crippen LogP contribution in [0.15, 0.2) is 42.5 Å². The number of benzene rings is 2. The number of aromatic nitrogens is 1. The molecular formula is C22H26ClF2N3OS. The molecule has 1 amide bonds. The number of likely N-dealkylation sites (N-methyl/N-ethyl adjacent to an activating group) is 1. The molecule has 0 radical (unpaired) electrons. The van der Waals surface area contributed by atoms with E-state index in [2.05, 4.69) is 23.7 Å². The molecule has 1 heterocycles. The van der Waals surface area contributed by atoms with Crippen LogP contribution in [-0.2, 0) is 11.2 Å². The molecule has 0 bridgehead atoms. The van der Waals surface area contributed by atoms with E-state index < -0.39 is 11.6 Å². The minimum Gasteiger partial charge on any atom is -0.302 e. The van der Waals surface area contributed by atoms with Crippen molar-refractivity contribution in [2.45, 2.75) is 26.7 Å². The van der Waals surface area contributed by atoms with E-state index in [-0.39, 0.29) is 23.8 Å². The standard InChI is InChI=1S/C22H25F2N3OS.ClH/c1-3-26(4-2)12-13-27(20(28)11-10-16-8-6-5-7-9-16)22-25-21-18(24)14-17(23)15-19(21)29-22;/h5-9,14-15H,3-4,10-13H2,1-2H3;1H. The van der Waals surface area contributed by atoms with Gasteiger partial charge in [0.05, 0.1) is 4.70 Å². The zero-order valence-electron chi connectivity index (χ0n) is 17.1. The SMILES string of the molecule is CCN(CC)CCN(C(=O)CCc1ccccc1)c1nc2c(F)cc(F)cc2s1.Cl. The summed E-state index contributed by atoms with van der Waals surface area (Å²) in [7, 11) is 0. The Morgan fingerprint density at radius 3 is 2.43 bits per heavy atom. The molecule has 0 aliphatic rings. The van der Waals surface area contributed by atoms with Crippen molar-refractivity contribution in [1.29, 1.82) is 0 Å². The van der Waals surface area contributed by atoms with E-state index in [9.17, 15) is 13.6 Å². The highest BCUT2D eigenvalue weighted by atomic mass is 35.5. The Balaban J connectivity index is 0.00000320. The lowest BCUT2D eigenvalue weighted by Gasteiger charge is -2.24. The van der Waals surface area contributed by atoms with Gasteiger partial charge in [-0.3, -0.25) is 9.69 Å². The number of aryl methyl sites for hydroxylation is 1. The van der Waals surface area contributed by atoms with Gasteiger partial charge in [-0.15, -0.1) is 12.4 Å². The van der Waals surface area contributed by atoms with Crippen molar-refractivity contribution in [3.63, 3.8) is 0 Å². The van der Waals surface area contributed by atoms with E-state index in [0.29, 0.717) is 35.8 Å². The highest BCUT2D eigenvalue weighted by Crippen LogP contribution is 2.31. The molecule has 0 saturated carbocycles. The summed E-state index contributed by atoms with van der Waals surface area (Å²) in [4.78, 5) is 21.2. The van der Waals surface area contributed by atoms with Crippen LogP contribution in [0.4, 0.5) is 13.9 Å². The first-order valence-corrected chi connectivity index (χ1v) is 10.7. The molecule has 0 fully saturated rings. The first-order chi connectivity index (χ1) is 14.0. The summed E-state index contributed by atoms with van der Waals surface area (Å²) in [6.07, 6.45) is 0.949. The average molecular weight is 454 g/mol. The highest BCUT2D eigenvalue weighted by Gasteiger charge is 2.21. The lowest BCUT2D eigenvalue weighted by Crippen LogP contribution is -2.39. The van der Waals surface area contributed by atoms with Crippen LogP contribution in [-0.4, -0.2) is 42.0 Å². The predicted molar refractivity (Wildman–Crippen MR) is 122 cm³/mol. The minimum absolute atomic E-state index is 0. The van der Waals surface area contributed by atoms with Crippen LogP contribution in [0.5, 0.6) is 0 Å². The molecule has 0 saturated heterocycles. The smallest absolute Gasteiger partial charge is 0.229 e. The van der Waals surface area contributed by atoms with E-state index >= 15 is 0 Å². The molecule has 0 spiro atoms. The summed E-state index contributed by atoms with van der Waals surface area (Å²) in [6, 6.07) is 11.9. The summed E-state index contributed by atoms with van der Waals surface area (Å²) < 4.78 is 28.1. The molecule has 3 rings (SSSR count). The number of carbonyl (C=O) groups is 1. The van der Waals surface area contributed by atoms with Gasteiger partial charge in [-0.1, -0.05) is 55.5 Å². The van der Waals surface area contributed by atoms with E-state index in [1.165, 1.54) is 6.07 Å². The maximum absolute atomic E-state index is 14.1. The number of anilines is 1. The van der Waals surface area contributed by atoms with Gasteiger partial charge in [0.2, 0.25) is 5.91 Å². The van der Waals surface area contributed by atoms with E-state index in [0.717, 1.165) is 36.1 Å². The normalized spacial score (nSPS) is 11.0. The zero-order chi connectivity index (χ0) is 20.8.